The van der Waals surface area contributed by atoms with E-state index in [2.05, 4.69) is 22.3 Å². The van der Waals surface area contributed by atoms with Crippen molar-refractivity contribution in [1.82, 2.24) is 14.9 Å². The van der Waals surface area contributed by atoms with Crippen LogP contribution in [0.4, 0.5) is 5.69 Å². The first kappa shape index (κ1) is 20.0. The van der Waals surface area contributed by atoms with Gasteiger partial charge in [-0.25, -0.2) is 5.01 Å². The van der Waals surface area contributed by atoms with E-state index in [1.54, 1.807) is 4.90 Å². The Kier molecular flexibility index (Phi) is 4.97. The number of carbonyl (C=O) groups excluding carboxylic acids is 3. The van der Waals surface area contributed by atoms with Crippen molar-refractivity contribution in [2.24, 2.45) is 5.10 Å². The van der Waals surface area contributed by atoms with Crippen molar-refractivity contribution in [2.75, 3.05) is 11.9 Å². The quantitative estimate of drug-likeness (QED) is 0.624. The number of carbonyl (C=O) groups is 3. The van der Waals surface area contributed by atoms with Crippen molar-refractivity contribution >= 4 is 40.5 Å². The summed E-state index contributed by atoms with van der Waals surface area (Å²) in [5.41, 5.74) is 4.83. The second-order valence-electron chi connectivity index (χ2n) is 8.05. The van der Waals surface area contributed by atoms with E-state index in [-0.39, 0.29) is 18.4 Å². The number of hydrogen-bond acceptors (Lipinski definition) is 4. The molecule has 0 unspecified atom stereocenters. The number of piperazine rings is 1. The van der Waals surface area contributed by atoms with Crippen molar-refractivity contribution in [1.29, 1.82) is 0 Å². The zero-order valence-corrected chi connectivity index (χ0v) is 17.7. The van der Waals surface area contributed by atoms with Crippen molar-refractivity contribution in [3.05, 3.63) is 65.4 Å². The first-order chi connectivity index (χ1) is 15.5. The molecular weight excluding hydrogens is 406 g/mol. The summed E-state index contributed by atoms with van der Waals surface area (Å²) in [6, 6.07) is 14.8. The fourth-order valence-corrected chi connectivity index (χ4v) is 4.38. The Hall–Kier alpha value is -3.94. The predicted molar refractivity (Wildman–Crippen MR) is 121 cm³/mol. The predicted octanol–water partition coefficient (Wildman–Crippen LogP) is 2.45. The van der Waals surface area contributed by atoms with Crippen molar-refractivity contribution in [3.63, 3.8) is 0 Å². The van der Waals surface area contributed by atoms with Crippen molar-refractivity contribution < 1.29 is 14.4 Å². The molecule has 3 aromatic rings. The van der Waals surface area contributed by atoms with Gasteiger partial charge in [-0.15, -0.1) is 0 Å². The Bertz CT molecular complexity index is 1240. The van der Waals surface area contributed by atoms with Crippen LogP contribution in [0.5, 0.6) is 0 Å². The van der Waals surface area contributed by atoms with Crippen molar-refractivity contribution in [3.8, 4) is 0 Å². The van der Waals surface area contributed by atoms with Crippen LogP contribution in [0.1, 0.15) is 23.7 Å². The molecule has 1 saturated heterocycles. The number of aromatic nitrogens is 1. The third kappa shape index (κ3) is 3.53. The van der Waals surface area contributed by atoms with E-state index >= 15 is 0 Å². The molecule has 8 nitrogen and oxygen atoms in total. The molecule has 2 aliphatic rings. The van der Waals surface area contributed by atoms with Gasteiger partial charge in [0.1, 0.15) is 18.8 Å². The molecule has 0 bridgehead atoms. The molecule has 1 aromatic heterocycles. The van der Waals surface area contributed by atoms with Crippen LogP contribution < -0.4 is 5.32 Å². The van der Waals surface area contributed by atoms with E-state index < -0.39 is 11.9 Å². The molecule has 3 heterocycles. The van der Waals surface area contributed by atoms with E-state index in [9.17, 15) is 14.4 Å². The molecule has 2 aliphatic heterocycles. The third-order valence-electron chi connectivity index (χ3n) is 6.09. The highest BCUT2D eigenvalue weighted by atomic mass is 16.2. The summed E-state index contributed by atoms with van der Waals surface area (Å²) in [7, 11) is 0. The van der Waals surface area contributed by atoms with Gasteiger partial charge in [0.2, 0.25) is 5.91 Å². The Morgan fingerprint density at radius 1 is 1.16 bits per heavy atom. The molecule has 162 valence electrons. The van der Waals surface area contributed by atoms with Crippen molar-refractivity contribution in [2.45, 2.75) is 32.4 Å². The molecule has 0 spiro atoms. The molecule has 32 heavy (non-hydrogen) atoms. The number of anilines is 1. The van der Waals surface area contributed by atoms with Crippen LogP contribution in [0.15, 0.2) is 53.6 Å². The molecule has 2 aromatic carbocycles. The number of nitrogens with zero attached hydrogens (tertiary/aromatic N) is 3. The smallest absolute Gasteiger partial charge is 0.268 e. The number of para-hydroxylation sites is 1. The minimum absolute atomic E-state index is 0.181. The number of nitrogens with one attached hydrogen (secondary N) is 2. The lowest BCUT2D eigenvalue weighted by molar-refractivity contribution is -0.157. The first-order valence-corrected chi connectivity index (χ1v) is 10.7. The molecular formula is C24H23N5O3. The zero-order valence-electron chi connectivity index (χ0n) is 17.7. The SMILES string of the molecule is CCc1ccc(NC(=O)/C=N/N2CC(=O)N3Cc4[nH]c5ccccc5c4C[C@H]3C2=O)cc1. The fourth-order valence-electron chi connectivity index (χ4n) is 4.38. The first-order valence-electron chi connectivity index (χ1n) is 10.7. The average molecular weight is 429 g/mol. The number of hydrazone groups is 1. The van der Waals surface area contributed by atoms with Crippen LogP contribution in [0.25, 0.3) is 10.9 Å². The highest BCUT2D eigenvalue weighted by molar-refractivity contribution is 6.31. The maximum Gasteiger partial charge on any atom is 0.268 e. The second kappa shape index (κ2) is 7.96. The summed E-state index contributed by atoms with van der Waals surface area (Å²) in [6.07, 6.45) is 2.39. The molecule has 3 amide bonds. The summed E-state index contributed by atoms with van der Waals surface area (Å²) < 4.78 is 0. The van der Waals surface area contributed by atoms with Crippen LogP contribution in [0, 0.1) is 0 Å². The summed E-state index contributed by atoms with van der Waals surface area (Å²) in [6.45, 7) is 2.24. The van der Waals surface area contributed by atoms with Gasteiger partial charge in [0.25, 0.3) is 11.8 Å². The van der Waals surface area contributed by atoms with Gasteiger partial charge in [-0.1, -0.05) is 37.3 Å². The molecule has 0 saturated carbocycles. The fraction of sp³-hybridized carbons (Fsp3) is 0.250. The number of benzene rings is 2. The highest BCUT2D eigenvalue weighted by Crippen LogP contribution is 2.32. The number of aromatic amines is 1. The molecule has 1 fully saturated rings. The summed E-state index contributed by atoms with van der Waals surface area (Å²) in [5, 5.41) is 8.92. The van der Waals surface area contributed by atoms with Gasteiger partial charge >= 0.3 is 0 Å². The van der Waals surface area contributed by atoms with Crippen LogP contribution in [-0.2, 0) is 33.8 Å². The lowest BCUT2D eigenvalue weighted by Gasteiger charge is -2.40. The minimum Gasteiger partial charge on any atom is -0.357 e. The standard InChI is InChI=1S/C24H23N5O3/c1-2-15-7-9-16(10-8-15)26-22(30)12-25-29-14-23(31)28-13-20-18(11-21(28)24(29)32)17-5-3-4-6-19(17)27-20/h3-10,12,21,27H,2,11,13-14H2,1H3,(H,26,30)/b25-12+/t21-/m0/s1. The van der Waals surface area contributed by atoms with E-state index in [1.165, 1.54) is 5.56 Å². The van der Waals surface area contributed by atoms with E-state index in [1.807, 2.05) is 48.5 Å². The van der Waals surface area contributed by atoms with E-state index in [0.29, 0.717) is 18.7 Å². The second-order valence-corrected chi connectivity index (χ2v) is 8.05. The lowest BCUT2D eigenvalue weighted by atomic mass is 9.94. The zero-order chi connectivity index (χ0) is 22.2. The Morgan fingerprint density at radius 3 is 2.72 bits per heavy atom. The number of H-pyrrole nitrogens is 1. The van der Waals surface area contributed by atoms with E-state index in [0.717, 1.165) is 39.8 Å². The maximum atomic E-state index is 13.1. The number of rotatable bonds is 4. The van der Waals surface area contributed by atoms with Crippen LogP contribution in [0.2, 0.25) is 0 Å². The molecule has 0 aliphatic carbocycles. The minimum atomic E-state index is -0.621. The topological polar surface area (TPSA) is 97.9 Å². The number of hydrogen-bond donors (Lipinski definition) is 2. The summed E-state index contributed by atoms with van der Waals surface area (Å²) in [5.74, 6) is -0.928. The highest BCUT2D eigenvalue weighted by Gasteiger charge is 2.43. The third-order valence-corrected chi connectivity index (χ3v) is 6.09. The normalized spacial score (nSPS) is 18.2. The molecule has 0 radical (unpaired) electrons. The van der Waals surface area contributed by atoms with Gasteiger partial charge in [0.05, 0.1) is 6.54 Å². The van der Waals surface area contributed by atoms with Gasteiger partial charge in [0.15, 0.2) is 0 Å². The monoisotopic (exact) mass is 429 g/mol. The summed E-state index contributed by atoms with van der Waals surface area (Å²) in [4.78, 5) is 43.1. The van der Waals surface area contributed by atoms with E-state index in [4.69, 9.17) is 0 Å². The molecule has 8 heteroatoms. The van der Waals surface area contributed by atoms with Crippen LogP contribution in [0.3, 0.4) is 0 Å². The Morgan fingerprint density at radius 2 is 1.94 bits per heavy atom. The van der Waals surface area contributed by atoms with Crippen LogP contribution in [-0.4, -0.2) is 51.4 Å². The molecule has 1 atom stereocenters. The number of aryl methyl sites for hydroxylation is 1. The van der Waals surface area contributed by atoms with Crippen LogP contribution >= 0.6 is 0 Å². The van der Waals surface area contributed by atoms with Gasteiger partial charge in [0, 0.05) is 28.7 Å². The maximum absolute atomic E-state index is 13.1. The van der Waals surface area contributed by atoms with Gasteiger partial charge in [-0.2, -0.15) is 5.10 Å². The largest absolute Gasteiger partial charge is 0.357 e. The lowest BCUT2D eigenvalue weighted by Crippen LogP contribution is -2.60. The van der Waals surface area contributed by atoms with Gasteiger partial charge in [-0.05, 0) is 35.7 Å². The Balaban J connectivity index is 1.31. The molecule has 5 rings (SSSR count). The van der Waals surface area contributed by atoms with Gasteiger partial charge < -0.3 is 15.2 Å². The summed E-state index contributed by atoms with van der Waals surface area (Å²) >= 11 is 0. The average Bonchev–Trinajstić information content (AvgIpc) is 3.18. The number of fused-ring (bicyclic) bond motifs is 4. The van der Waals surface area contributed by atoms with Gasteiger partial charge in [-0.3, -0.25) is 14.4 Å². The number of amides is 3. The Labute approximate surface area is 184 Å². The molecule has 2 N–H and O–H groups in total.